The van der Waals surface area contributed by atoms with Crippen LogP contribution in [-0.4, -0.2) is 66.0 Å². The van der Waals surface area contributed by atoms with E-state index in [1.807, 2.05) is 0 Å². The van der Waals surface area contributed by atoms with Gasteiger partial charge in [-0.25, -0.2) is 13.6 Å². The number of hydrogen-bond acceptors (Lipinski definition) is 8. The summed E-state index contributed by atoms with van der Waals surface area (Å²) < 4.78 is 28.7. The number of rotatable bonds is 5. The second-order valence-electron chi connectivity index (χ2n) is 6.96. The summed E-state index contributed by atoms with van der Waals surface area (Å²) in [6, 6.07) is 9.96. The summed E-state index contributed by atoms with van der Waals surface area (Å²) in [6.07, 6.45) is -6.11. The summed E-state index contributed by atoms with van der Waals surface area (Å²) in [7, 11) is -4.02. The predicted molar refractivity (Wildman–Crippen MR) is 104 cm³/mol. The van der Waals surface area contributed by atoms with Gasteiger partial charge in [-0.1, -0.05) is 24.3 Å². The van der Waals surface area contributed by atoms with E-state index >= 15 is 0 Å². The molecule has 8 N–H and O–H groups in total. The van der Waals surface area contributed by atoms with Gasteiger partial charge in [-0.3, -0.25) is 4.79 Å². The highest BCUT2D eigenvalue weighted by Crippen LogP contribution is 2.40. The minimum Gasteiger partial charge on any atom is -0.394 e. The summed E-state index contributed by atoms with van der Waals surface area (Å²) in [5.74, 6) is -2.19. The molecule has 3 rings (SSSR count). The molecule has 0 bridgehead atoms. The minimum atomic E-state index is -4.02. The fourth-order valence-electron chi connectivity index (χ4n) is 3.64. The van der Waals surface area contributed by atoms with Gasteiger partial charge < -0.3 is 30.9 Å². The number of primary amides is 1. The number of hydrogen-bond donors (Lipinski definition) is 6. The molecule has 5 unspecified atom stereocenters. The Morgan fingerprint density at radius 1 is 1.07 bits per heavy atom. The molecule has 0 aromatic heterocycles. The topological polar surface area (TPSA) is 193 Å². The van der Waals surface area contributed by atoms with Crippen molar-refractivity contribution in [2.24, 2.45) is 10.9 Å². The van der Waals surface area contributed by atoms with Crippen LogP contribution in [-0.2, 0) is 14.8 Å². The number of nitrogens with two attached hydrogens (primary N) is 2. The Morgan fingerprint density at radius 3 is 2.33 bits per heavy atom. The number of carbonyl (C=O) groups excluding carboxylic acids is 1. The van der Waals surface area contributed by atoms with Crippen molar-refractivity contribution in [2.45, 2.75) is 35.4 Å². The lowest BCUT2D eigenvalue weighted by atomic mass is 9.79. The van der Waals surface area contributed by atoms with Crippen LogP contribution in [0.4, 0.5) is 0 Å². The van der Waals surface area contributed by atoms with Gasteiger partial charge in [0.25, 0.3) is 0 Å². The van der Waals surface area contributed by atoms with Crippen LogP contribution in [0.3, 0.4) is 0 Å². The number of benzene rings is 2. The number of amides is 1. The van der Waals surface area contributed by atoms with E-state index in [1.165, 1.54) is 36.4 Å². The molecule has 162 valence electrons. The summed E-state index contributed by atoms with van der Waals surface area (Å²) >= 11 is 0. The van der Waals surface area contributed by atoms with Gasteiger partial charge in [0.1, 0.15) is 12.2 Å². The quantitative estimate of drug-likeness (QED) is 0.328. The van der Waals surface area contributed by atoms with Crippen molar-refractivity contribution in [3.05, 3.63) is 53.6 Å². The fraction of sp³-hybridized carbons (Fsp3) is 0.316. The lowest BCUT2D eigenvalue weighted by Crippen LogP contribution is -2.54. The molecule has 1 heterocycles. The van der Waals surface area contributed by atoms with Crippen LogP contribution in [0, 0.1) is 0 Å². The third-order valence-electron chi connectivity index (χ3n) is 5.08. The lowest BCUT2D eigenvalue weighted by molar-refractivity contribution is -0.251. The minimum absolute atomic E-state index is 0.0603. The van der Waals surface area contributed by atoms with E-state index in [1.54, 1.807) is 6.07 Å². The first-order valence-electron chi connectivity index (χ1n) is 8.92. The van der Waals surface area contributed by atoms with E-state index in [2.05, 4.69) is 0 Å². The molecule has 10 nitrogen and oxygen atoms in total. The van der Waals surface area contributed by atoms with Gasteiger partial charge in [0.05, 0.1) is 23.5 Å². The Kier molecular flexibility index (Phi) is 6.24. The van der Waals surface area contributed by atoms with Gasteiger partial charge in [-0.05, 0) is 34.9 Å². The molecule has 0 saturated carbocycles. The number of aliphatic hydroxyl groups is 4. The number of primary sulfonamides is 1. The van der Waals surface area contributed by atoms with Gasteiger partial charge in [-0.15, -0.1) is 0 Å². The molecule has 5 atom stereocenters. The van der Waals surface area contributed by atoms with Gasteiger partial charge in [-0.2, -0.15) is 0 Å². The first-order chi connectivity index (χ1) is 14.1. The molecule has 2 aromatic carbocycles. The van der Waals surface area contributed by atoms with Crippen LogP contribution in [0.5, 0.6) is 0 Å². The van der Waals surface area contributed by atoms with Gasteiger partial charge in [0.15, 0.2) is 6.29 Å². The summed E-state index contributed by atoms with van der Waals surface area (Å²) in [5.41, 5.74) is 6.08. The van der Waals surface area contributed by atoms with Crippen molar-refractivity contribution in [3.63, 3.8) is 0 Å². The van der Waals surface area contributed by atoms with Crippen molar-refractivity contribution < 1.29 is 38.4 Å². The standard InChI is InChI=1S/C19H22N2O8S/c20-18(25)12-6-2-5-11(9-3-1-4-10(7-9)30(21,27)28)14(12)15-17(24)16(23)13(8-22)29-19(15)26/h1-7,13,15-17,19,22-24,26H,8H2,(H2,20,25)(H2,21,27,28). The third kappa shape index (κ3) is 4.09. The van der Waals surface area contributed by atoms with Crippen LogP contribution in [0.2, 0.25) is 0 Å². The van der Waals surface area contributed by atoms with E-state index in [0.717, 1.165) is 0 Å². The molecule has 11 heteroatoms. The average molecular weight is 438 g/mol. The normalized spacial score (nSPS) is 27.0. The number of carbonyl (C=O) groups is 1. The van der Waals surface area contributed by atoms with Crippen LogP contribution in [0.1, 0.15) is 21.8 Å². The molecule has 30 heavy (non-hydrogen) atoms. The molecule has 0 radical (unpaired) electrons. The summed E-state index contributed by atoms with van der Waals surface area (Å²) in [5, 5.41) is 45.9. The first-order valence-corrected chi connectivity index (χ1v) is 10.5. The van der Waals surface area contributed by atoms with Gasteiger partial charge in [0.2, 0.25) is 15.9 Å². The molecule has 1 fully saturated rings. The maximum Gasteiger partial charge on any atom is 0.249 e. The molecule has 1 amide bonds. The Balaban J connectivity index is 2.24. The SMILES string of the molecule is NC(=O)c1cccc(-c2cccc(S(N)(=O)=O)c2)c1C1C(O)OC(CO)C(O)C1O. The van der Waals surface area contributed by atoms with Crippen LogP contribution in [0.25, 0.3) is 11.1 Å². The van der Waals surface area contributed by atoms with Crippen LogP contribution < -0.4 is 10.9 Å². The number of sulfonamides is 1. The largest absolute Gasteiger partial charge is 0.394 e. The van der Waals surface area contributed by atoms with Gasteiger partial charge in [0, 0.05) is 5.56 Å². The number of ether oxygens (including phenoxy) is 1. The Hall–Kier alpha value is -2.38. The van der Waals surface area contributed by atoms with Crippen LogP contribution >= 0.6 is 0 Å². The molecule has 2 aromatic rings. The molecule has 1 aliphatic rings. The van der Waals surface area contributed by atoms with E-state index in [9.17, 15) is 33.6 Å². The van der Waals surface area contributed by atoms with Crippen molar-refractivity contribution in [2.75, 3.05) is 6.61 Å². The lowest BCUT2D eigenvalue weighted by Gasteiger charge is -2.41. The zero-order valence-corrected chi connectivity index (χ0v) is 16.4. The highest BCUT2D eigenvalue weighted by molar-refractivity contribution is 7.89. The van der Waals surface area contributed by atoms with Crippen molar-refractivity contribution in [1.82, 2.24) is 0 Å². The molecular formula is C19H22N2O8S. The average Bonchev–Trinajstić information content (AvgIpc) is 2.70. The van der Waals surface area contributed by atoms with E-state index in [-0.39, 0.29) is 21.6 Å². The Bertz CT molecular complexity index is 1060. The second-order valence-corrected chi connectivity index (χ2v) is 8.52. The van der Waals surface area contributed by atoms with Crippen molar-refractivity contribution in [3.8, 4) is 11.1 Å². The summed E-state index contributed by atoms with van der Waals surface area (Å²) in [6.45, 7) is -0.650. The zero-order valence-electron chi connectivity index (χ0n) is 15.6. The molecular weight excluding hydrogens is 416 g/mol. The van der Waals surface area contributed by atoms with Gasteiger partial charge >= 0.3 is 0 Å². The first kappa shape index (κ1) is 22.3. The monoisotopic (exact) mass is 438 g/mol. The maximum atomic E-state index is 12.1. The highest BCUT2D eigenvalue weighted by atomic mass is 32.2. The second kappa shape index (κ2) is 8.40. The Labute approximate surface area is 172 Å². The van der Waals surface area contributed by atoms with Crippen LogP contribution in [0.15, 0.2) is 47.4 Å². The zero-order chi connectivity index (χ0) is 22.2. The third-order valence-corrected chi connectivity index (χ3v) is 5.99. The molecule has 0 spiro atoms. The highest BCUT2D eigenvalue weighted by Gasteiger charge is 2.46. The smallest absolute Gasteiger partial charge is 0.249 e. The molecule has 0 aliphatic carbocycles. The van der Waals surface area contributed by atoms with E-state index in [4.69, 9.17) is 15.6 Å². The maximum absolute atomic E-state index is 12.1. The van der Waals surface area contributed by atoms with E-state index < -0.39 is 53.1 Å². The molecule has 1 saturated heterocycles. The summed E-state index contributed by atoms with van der Waals surface area (Å²) in [4.78, 5) is 11.9. The fourth-order valence-corrected chi connectivity index (χ4v) is 4.20. The number of aliphatic hydroxyl groups excluding tert-OH is 4. The van der Waals surface area contributed by atoms with Crippen molar-refractivity contribution in [1.29, 1.82) is 0 Å². The Morgan fingerprint density at radius 2 is 1.73 bits per heavy atom. The van der Waals surface area contributed by atoms with Crippen molar-refractivity contribution >= 4 is 15.9 Å². The van der Waals surface area contributed by atoms with E-state index in [0.29, 0.717) is 5.56 Å². The predicted octanol–water partition coefficient (Wildman–Crippen LogP) is -1.39. The molecule has 1 aliphatic heterocycles.